The van der Waals surface area contributed by atoms with Crippen molar-refractivity contribution in [2.24, 2.45) is 0 Å². The highest BCUT2D eigenvalue weighted by atomic mass is 32.2. The van der Waals surface area contributed by atoms with Crippen LogP contribution in [0.5, 0.6) is 11.5 Å². The lowest BCUT2D eigenvalue weighted by molar-refractivity contribution is -0.115. The molecule has 2 aromatic rings. The Morgan fingerprint density at radius 2 is 1.92 bits per heavy atom. The highest BCUT2D eigenvalue weighted by Crippen LogP contribution is 2.28. The molecule has 0 bridgehead atoms. The monoisotopic (exact) mass is 375 g/mol. The Morgan fingerprint density at radius 3 is 2.58 bits per heavy atom. The fourth-order valence-electron chi connectivity index (χ4n) is 2.11. The van der Waals surface area contributed by atoms with Crippen molar-refractivity contribution in [2.45, 2.75) is 4.90 Å². The van der Waals surface area contributed by atoms with Gasteiger partial charge in [0.2, 0.25) is 15.9 Å². The predicted octanol–water partition coefficient (Wildman–Crippen LogP) is 1.49. The summed E-state index contributed by atoms with van der Waals surface area (Å²) in [6, 6.07) is 12.5. The van der Waals surface area contributed by atoms with E-state index >= 15 is 0 Å². The summed E-state index contributed by atoms with van der Waals surface area (Å²) in [6.07, 6.45) is 0. The van der Waals surface area contributed by atoms with Gasteiger partial charge in [0.1, 0.15) is 16.4 Å². The first-order valence-corrected chi connectivity index (χ1v) is 8.89. The summed E-state index contributed by atoms with van der Waals surface area (Å²) in [5.41, 5.74) is 0.779. The van der Waals surface area contributed by atoms with Gasteiger partial charge in [-0.2, -0.15) is 5.26 Å². The molecule has 0 heterocycles. The van der Waals surface area contributed by atoms with E-state index in [-0.39, 0.29) is 10.6 Å². The first-order valence-electron chi connectivity index (χ1n) is 7.41. The maximum absolute atomic E-state index is 12.4. The second-order valence-electron chi connectivity index (χ2n) is 5.08. The van der Waals surface area contributed by atoms with Crippen LogP contribution in [0.15, 0.2) is 47.4 Å². The van der Waals surface area contributed by atoms with Crippen molar-refractivity contribution in [3.05, 3.63) is 48.0 Å². The minimum absolute atomic E-state index is 0.0963. The Bertz CT molecular complexity index is 951. The number of amides is 1. The molecule has 8 nitrogen and oxygen atoms in total. The zero-order chi connectivity index (χ0) is 19.2. The maximum atomic E-state index is 12.4. The molecule has 1 amide bonds. The van der Waals surface area contributed by atoms with Crippen LogP contribution in [0.4, 0.5) is 5.69 Å². The first kappa shape index (κ1) is 19.2. The van der Waals surface area contributed by atoms with E-state index in [0.717, 1.165) is 0 Å². The maximum Gasteiger partial charge on any atom is 0.244 e. The van der Waals surface area contributed by atoms with Crippen LogP contribution in [0.1, 0.15) is 5.56 Å². The van der Waals surface area contributed by atoms with Crippen molar-refractivity contribution in [3.63, 3.8) is 0 Å². The third-order valence-corrected chi connectivity index (χ3v) is 4.80. The van der Waals surface area contributed by atoms with E-state index in [1.165, 1.54) is 38.5 Å². The summed E-state index contributed by atoms with van der Waals surface area (Å²) < 4.78 is 37.1. The van der Waals surface area contributed by atoms with Gasteiger partial charge in [0.15, 0.2) is 0 Å². The van der Waals surface area contributed by atoms with Crippen LogP contribution in [0, 0.1) is 11.3 Å². The molecule has 0 aromatic heterocycles. The molecule has 0 radical (unpaired) electrons. The summed E-state index contributed by atoms with van der Waals surface area (Å²) in [5, 5.41) is 11.4. The zero-order valence-corrected chi connectivity index (χ0v) is 15.0. The Balaban J connectivity index is 2.08. The van der Waals surface area contributed by atoms with Crippen LogP contribution in [0.25, 0.3) is 0 Å². The molecular formula is C17H17N3O5S. The average molecular weight is 375 g/mol. The van der Waals surface area contributed by atoms with Crippen molar-refractivity contribution >= 4 is 21.6 Å². The molecule has 0 aliphatic carbocycles. The van der Waals surface area contributed by atoms with Crippen LogP contribution in [0.3, 0.4) is 0 Å². The Hall–Kier alpha value is -3.09. The van der Waals surface area contributed by atoms with Gasteiger partial charge in [-0.3, -0.25) is 4.79 Å². The fraction of sp³-hybridized carbons (Fsp3) is 0.176. The van der Waals surface area contributed by atoms with Gasteiger partial charge in [-0.05, 0) is 30.3 Å². The van der Waals surface area contributed by atoms with E-state index in [1.54, 1.807) is 18.2 Å². The molecule has 26 heavy (non-hydrogen) atoms. The largest absolute Gasteiger partial charge is 0.497 e. The Labute approximate surface area is 151 Å². The quantitative estimate of drug-likeness (QED) is 0.757. The third-order valence-electron chi connectivity index (χ3n) is 3.36. The SMILES string of the molecule is COc1ccc(S(=O)(=O)NCC(=O)Nc2cccc(C#N)c2)c(OC)c1. The lowest BCUT2D eigenvalue weighted by Crippen LogP contribution is -2.33. The smallest absolute Gasteiger partial charge is 0.244 e. The van der Waals surface area contributed by atoms with Gasteiger partial charge in [0.25, 0.3) is 0 Å². The number of ether oxygens (including phenoxy) is 2. The number of nitrogens with one attached hydrogen (secondary N) is 2. The van der Waals surface area contributed by atoms with E-state index < -0.39 is 22.5 Å². The molecule has 0 aliphatic heterocycles. The normalized spacial score (nSPS) is 10.7. The molecule has 2 aromatic carbocycles. The lowest BCUT2D eigenvalue weighted by atomic mass is 10.2. The van der Waals surface area contributed by atoms with Crippen LogP contribution in [-0.4, -0.2) is 35.1 Å². The van der Waals surface area contributed by atoms with Gasteiger partial charge in [-0.25, -0.2) is 13.1 Å². The lowest BCUT2D eigenvalue weighted by Gasteiger charge is -2.12. The van der Waals surface area contributed by atoms with Gasteiger partial charge in [-0.1, -0.05) is 6.07 Å². The number of anilines is 1. The molecule has 0 atom stereocenters. The van der Waals surface area contributed by atoms with Crippen molar-refractivity contribution in [1.82, 2.24) is 4.72 Å². The molecule has 0 aliphatic rings. The molecule has 0 fully saturated rings. The minimum Gasteiger partial charge on any atom is -0.497 e. The van der Waals surface area contributed by atoms with Crippen molar-refractivity contribution in [2.75, 3.05) is 26.1 Å². The standard InChI is InChI=1S/C17H17N3O5S/c1-24-14-6-7-16(15(9-14)25-2)26(22,23)19-11-17(21)20-13-5-3-4-12(8-13)10-18/h3-9,19H,11H2,1-2H3,(H,20,21). The summed E-state index contributed by atoms with van der Waals surface area (Å²) in [6.45, 7) is -0.478. The van der Waals surface area contributed by atoms with Gasteiger partial charge in [0, 0.05) is 11.8 Å². The number of nitrogens with zero attached hydrogens (tertiary/aromatic N) is 1. The van der Waals surface area contributed by atoms with Crippen LogP contribution in [-0.2, 0) is 14.8 Å². The number of carbonyl (C=O) groups excluding carboxylic acids is 1. The Morgan fingerprint density at radius 1 is 1.15 bits per heavy atom. The predicted molar refractivity (Wildman–Crippen MR) is 94.5 cm³/mol. The summed E-state index contributed by atoms with van der Waals surface area (Å²) in [5.74, 6) is -0.0361. The van der Waals surface area contributed by atoms with Gasteiger partial charge >= 0.3 is 0 Å². The van der Waals surface area contributed by atoms with Crippen LogP contribution < -0.4 is 19.5 Å². The number of benzene rings is 2. The molecule has 0 saturated carbocycles. The van der Waals surface area contributed by atoms with Gasteiger partial charge in [-0.15, -0.1) is 0 Å². The minimum atomic E-state index is -3.97. The topological polar surface area (TPSA) is 118 Å². The van der Waals surface area contributed by atoms with Crippen LogP contribution >= 0.6 is 0 Å². The van der Waals surface area contributed by atoms with Crippen LogP contribution in [0.2, 0.25) is 0 Å². The summed E-state index contributed by atoms with van der Waals surface area (Å²) >= 11 is 0. The number of sulfonamides is 1. The summed E-state index contributed by atoms with van der Waals surface area (Å²) in [7, 11) is -1.18. The molecule has 0 unspecified atom stereocenters. The number of methoxy groups -OCH3 is 2. The van der Waals surface area contributed by atoms with E-state index in [2.05, 4.69) is 10.0 Å². The zero-order valence-electron chi connectivity index (χ0n) is 14.1. The highest BCUT2D eigenvalue weighted by Gasteiger charge is 2.21. The molecule has 0 spiro atoms. The second kappa shape index (κ2) is 8.33. The van der Waals surface area contributed by atoms with E-state index in [4.69, 9.17) is 14.7 Å². The molecule has 136 valence electrons. The van der Waals surface area contributed by atoms with Gasteiger partial charge < -0.3 is 14.8 Å². The summed E-state index contributed by atoms with van der Waals surface area (Å²) in [4.78, 5) is 11.9. The first-order chi connectivity index (χ1) is 12.4. The molecule has 0 saturated heterocycles. The van der Waals surface area contributed by atoms with E-state index in [1.807, 2.05) is 6.07 Å². The highest BCUT2D eigenvalue weighted by molar-refractivity contribution is 7.89. The second-order valence-corrected chi connectivity index (χ2v) is 6.82. The molecular weight excluding hydrogens is 358 g/mol. The molecule has 9 heteroatoms. The Kier molecular flexibility index (Phi) is 6.16. The third kappa shape index (κ3) is 4.72. The number of nitriles is 1. The van der Waals surface area contributed by atoms with Crippen molar-refractivity contribution in [1.29, 1.82) is 5.26 Å². The van der Waals surface area contributed by atoms with E-state index in [0.29, 0.717) is 17.0 Å². The molecule has 2 rings (SSSR count). The van der Waals surface area contributed by atoms with Gasteiger partial charge in [0.05, 0.1) is 32.4 Å². The van der Waals surface area contributed by atoms with Crippen molar-refractivity contribution < 1.29 is 22.7 Å². The number of rotatable bonds is 7. The fourth-order valence-corrected chi connectivity index (χ4v) is 3.24. The van der Waals surface area contributed by atoms with E-state index in [9.17, 15) is 13.2 Å². The average Bonchev–Trinajstić information content (AvgIpc) is 2.66. The van der Waals surface area contributed by atoms with Crippen molar-refractivity contribution in [3.8, 4) is 17.6 Å². The molecule has 2 N–H and O–H groups in total. The number of hydrogen-bond acceptors (Lipinski definition) is 6. The number of carbonyl (C=O) groups is 1. The number of hydrogen-bond donors (Lipinski definition) is 2.